The minimum atomic E-state index is -1.12. The summed E-state index contributed by atoms with van der Waals surface area (Å²) in [6.45, 7) is 4.29. The highest BCUT2D eigenvalue weighted by atomic mass is 16.5. The van der Waals surface area contributed by atoms with Gasteiger partial charge in [-0.2, -0.15) is 0 Å². The molecule has 6 heteroatoms. The summed E-state index contributed by atoms with van der Waals surface area (Å²) in [7, 11) is 0. The molecule has 0 radical (unpaired) electrons. The molecule has 0 spiro atoms. The number of rotatable bonds is 6. The molecule has 0 aromatic carbocycles. The van der Waals surface area contributed by atoms with Gasteiger partial charge in [0.25, 0.3) is 5.91 Å². The van der Waals surface area contributed by atoms with E-state index in [-0.39, 0.29) is 23.8 Å². The minimum Gasteiger partial charge on any atom is -0.481 e. The van der Waals surface area contributed by atoms with Gasteiger partial charge in [0.05, 0.1) is 6.20 Å². The number of nitrogens with one attached hydrogen (secondary N) is 1. The van der Waals surface area contributed by atoms with Gasteiger partial charge < -0.3 is 15.2 Å². The van der Waals surface area contributed by atoms with Crippen molar-refractivity contribution >= 4 is 11.9 Å². The smallest absolute Gasteiger partial charge is 0.339 e. The minimum absolute atomic E-state index is 0.0124. The zero-order valence-electron chi connectivity index (χ0n) is 10.3. The molecule has 18 heavy (non-hydrogen) atoms. The Hall–Kier alpha value is -2.11. The fourth-order valence-electron chi connectivity index (χ4n) is 1.18. The molecule has 1 heterocycles. The lowest BCUT2D eigenvalue weighted by Crippen LogP contribution is -2.31. The highest BCUT2D eigenvalue weighted by Crippen LogP contribution is 2.15. The number of hydrogen-bond acceptors (Lipinski definition) is 4. The number of aromatic carboxylic acids is 1. The summed E-state index contributed by atoms with van der Waals surface area (Å²) in [6, 6.07) is 1.32. The largest absolute Gasteiger partial charge is 0.481 e. The van der Waals surface area contributed by atoms with Crippen molar-refractivity contribution in [2.75, 3.05) is 13.2 Å². The second-order valence-corrected chi connectivity index (χ2v) is 4.16. The number of carbonyl (C=O) groups excluding carboxylic acids is 1. The molecule has 0 fully saturated rings. The van der Waals surface area contributed by atoms with E-state index in [1.807, 2.05) is 13.8 Å². The highest BCUT2D eigenvalue weighted by molar-refractivity contribution is 5.90. The Morgan fingerprint density at radius 1 is 1.50 bits per heavy atom. The first-order chi connectivity index (χ1) is 8.50. The van der Waals surface area contributed by atoms with Gasteiger partial charge >= 0.3 is 5.97 Å². The van der Waals surface area contributed by atoms with Crippen molar-refractivity contribution in [1.29, 1.82) is 0 Å². The van der Waals surface area contributed by atoms with E-state index in [4.69, 9.17) is 9.84 Å². The SMILES string of the molecule is CC(C)CNC(=O)COc1cnccc1C(=O)O. The molecule has 6 nitrogen and oxygen atoms in total. The van der Waals surface area contributed by atoms with Crippen LogP contribution in [0.3, 0.4) is 0 Å². The summed E-state index contributed by atoms with van der Waals surface area (Å²) in [4.78, 5) is 26.0. The molecule has 0 aliphatic heterocycles. The second-order valence-electron chi connectivity index (χ2n) is 4.16. The van der Waals surface area contributed by atoms with E-state index in [1.54, 1.807) is 0 Å². The maximum Gasteiger partial charge on any atom is 0.339 e. The van der Waals surface area contributed by atoms with Crippen LogP contribution >= 0.6 is 0 Å². The number of aromatic nitrogens is 1. The Morgan fingerprint density at radius 2 is 2.22 bits per heavy atom. The lowest BCUT2D eigenvalue weighted by atomic mass is 10.2. The van der Waals surface area contributed by atoms with Gasteiger partial charge in [-0.15, -0.1) is 0 Å². The summed E-state index contributed by atoms with van der Waals surface area (Å²) in [5, 5.41) is 11.6. The zero-order valence-corrected chi connectivity index (χ0v) is 10.3. The van der Waals surface area contributed by atoms with Crippen molar-refractivity contribution in [3.8, 4) is 5.75 Å². The van der Waals surface area contributed by atoms with E-state index < -0.39 is 5.97 Å². The van der Waals surface area contributed by atoms with Gasteiger partial charge in [-0.25, -0.2) is 4.79 Å². The Labute approximate surface area is 105 Å². The summed E-state index contributed by atoms with van der Waals surface area (Å²) < 4.78 is 5.14. The number of amides is 1. The summed E-state index contributed by atoms with van der Waals surface area (Å²) >= 11 is 0. The molecule has 0 unspecified atom stereocenters. The van der Waals surface area contributed by atoms with Crippen LogP contribution in [-0.2, 0) is 4.79 Å². The van der Waals surface area contributed by atoms with Crippen molar-refractivity contribution in [2.24, 2.45) is 5.92 Å². The number of carbonyl (C=O) groups is 2. The molecular formula is C12H16N2O4. The lowest BCUT2D eigenvalue weighted by Gasteiger charge is -2.10. The van der Waals surface area contributed by atoms with Crippen LogP contribution in [-0.4, -0.2) is 35.1 Å². The zero-order chi connectivity index (χ0) is 13.5. The van der Waals surface area contributed by atoms with Gasteiger partial charge in [0.1, 0.15) is 5.56 Å². The van der Waals surface area contributed by atoms with Crippen LogP contribution in [0, 0.1) is 5.92 Å². The molecule has 0 bridgehead atoms. The first-order valence-electron chi connectivity index (χ1n) is 5.57. The molecule has 98 valence electrons. The quantitative estimate of drug-likeness (QED) is 0.786. The van der Waals surface area contributed by atoms with E-state index in [9.17, 15) is 9.59 Å². The molecule has 1 aromatic heterocycles. The van der Waals surface area contributed by atoms with Crippen molar-refractivity contribution in [3.05, 3.63) is 24.0 Å². The van der Waals surface area contributed by atoms with Gasteiger partial charge in [0, 0.05) is 12.7 Å². The molecule has 0 atom stereocenters. The Morgan fingerprint density at radius 3 is 2.83 bits per heavy atom. The monoisotopic (exact) mass is 252 g/mol. The van der Waals surface area contributed by atoms with Crippen molar-refractivity contribution in [2.45, 2.75) is 13.8 Å². The van der Waals surface area contributed by atoms with Crippen LogP contribution in [0.1, 0.15) is 24.2 Å². The maximum atomic E-state index is 11.4. The third-order valence-corrected chi connectivity index (χ3v) is 2.08. The third kappa shape index (κ3) is 4.40. The fraction of sp³-hybridized carbons (Fsp3) is 0.417. The van der Waals surface area contributed by atoms with Gasteiger partial charge in [0.2, 0.25) is 0 Å². The first-order valence-corrected chi connectivity index (χ1v) is 5.57. The van der Waals surface area contributed by atoms with E-state index in [2.05, 4.69) is 10.3 Å². The van der Waals surface area contributed by atoms with Gasteiger partial charge in [-0.05, 0) is 12.0 Å². The van der Waals surface area contributed by atoms with Gasteiger partial charge in [-0.1, -0.05) is 13.8 Å². The average Bonchev–Trinajstić information content (AvgIpc) is 2.34. The molecule has 0 saturated heterocycles. The molecule has 0 saturated carbocycles. The molecule has 1 rings (SSSR count). The maximum absolute atomic E-state index is 11.4. The number of hydrogen-bond donors (Lipinski definition) is 2. The first kappa shape index (κ1) is 14.0. The van der Waals surface area contributed by atoms with Crippen molar-refractivity contribution in [3.63, 3.8) is 0 Å². The number of carboxylic acids is 1. The van der Waals surface area contributed by atoms with Crippen molar-refractivity contribution in [1.82, 2.24) is 10.3 Å². The predicted molar refractivity (Wildman–Crippen MR) is 64.5 cm³/mol. The summed E-state index contributed by atoms with van der Waals surface area (Å²) in [6.07, 6.45) is 2.63. The number of carboxylic acid groups (broad SMARTS) is 1. The van der Waals surface area contributed by atoms with Crippen LogP contribution in [0.2, 0.25) is 0 Å². The topological polar surface area (TPSA) is 88.5 Å². The van der Waals surface area contributed by atoms with E-state index >= 15 is 0 Å². The van der Waals surface area contributed by atoms with E-state index in [0.717, 1.165) is 0 Å². The highest BCUT2D eigenvalue weighted by Gasteiger charge is 2.12. The lowest BCUT2D eigenvalue weighted by molar-refractivity contribution is -0.123. The average molecular weight is 252 g/mol. The van der Waals surface area contributed by atoms with Crippen LogP contribution in [0.4, 0.5) is 0 Å². The Kier molecular flexibility index (Phi) is 5.10. The molecule has 0 aliphatic carbocycles. The molecule has 1 aromatic rings. The molecule has 0 aliphatic rings. The van der Waals surface area contributed by atoms with Crippen LogP contribution in [0.25, 0.3) is 0 Å². The number of nitrogens with zero attached hydrogens (tertiary/aromatic N) is 1. The van der Waals surface area contributed by atoms with E-state index in [0.29, 0.717) is 12.5 Å². The number of pyridine rings is 1. The van der Waals surface area contributed by atoms with Crippen LogP contribution in [0.15, 0.2) is 18.5 Å². The van der Waals surface area contributed by atoms with Gasteiger partial charge in [0.15, 0.2) is 12.4 Å². The molecule has 1 amide bonds. The summed E-state index contributed by atoms with van der Waals surface area (Å²) in [5.41, 5.74) is -0.0124. The third-order valence-electron chi connectivity index (χ3n) is 2.08. The van der Waals surface area contributed by atoms with Crippen LogP contribution in [0.5, 0.6) is 5.75 Å². The molecule has 2 N–H and O–H groups in total. The van der Waals surface area contributed by atoms with Gasteiger partial charge in [-0.3, -0.25) is 9.78 Å². The fourth-order valence-corrected chi connectivity index (χ4v) is 1.18. The summed E-state index contributed by atoms with van der Waals surface area (Å²) in [5.74, 6) is -0.967. The Balaban J connectivity index is 2.53. The van der Waals surface area contributed by atoms with Crippen molar-refractivity contribution < 1.29 is 19.4 Å². The molecular weight excluding hydrogens is 236 g/mol. The standard InChI is InChI=1S/C12H16N2O4/c1-8(2)5-14-11(15)7-18-10-6-13-4-3-9(10)12(16)17/h3-4,6,8H,5,7H2,1-2H3,(H,14,15)(H,16,17). The second kappa shape index (κ2) is 6.58. The Bertz CT molecular complexity index is 432. The normalized spacial score (nSPS) is 10.2. The van der Waals surface area contributed by atoms with E-state index in [1.165, 1.54) is 18.5 Å². The number of ether oxygens (including phenoxy) is 1. The predicted octanol–water partition coefficient (Wildman–Crippen LogP) is 0.931. The van der Waals surface area contributed by atoms with Crippen LogP contribution < -0.4 is 10.1 Å².